The van der Waals surface area contributed by atoms with Crippen LogP contribution in [-0.2, 0) is 14.4 Å². The van der Waals surface area contributed by atoms with E-state index in [0.717, 1.165) is 43.0 Å². The van der Waals surface area contributed by atoms with Crippen LogP contribution in [0.4, 0.5) is 0 Å². The van der Waals surface area contributed by atoms with Crippen molar-refractivity contribution in [2.45, 2.75) is 75.6 Å². The fourth-order valence-corrected chi connectivity index (χ4v) is 6.01. The molecule has 3 heterocycles. The predicted molar refractivity (Wildman–Crippen MR) is 139 cm³/mol. The first-order valence-corrected chi connectivity index (χ1v) is 13.8. The maximum atomic E-state index is 13.8. The van der Waals surface area contributed by atoms with Crippen molar-refractivity contribution in [2.24, 2.45) is 11.3 Å². The van der Waals surface area contributed by atoms with Crippen LogP contribution in [0.1, 0.15) is 61.9 Å². The molecule has 2 aliphatic heterocycles. The van der Waals surface area contributed by atoms with Gasteiger partial charge in [-0.3, -0.25) is 19.2 Å². The van der Waals surface area contributed by atoms with E-state index in [1.807, 2.05) is 30.3 Å². The van der Waals surface area contributed by atoms with Gasteiger partial charge < -0.3 is 30.9 Å². The highest BCUT2D eigenvalue weighted by Crippen LogP contribution is 2.55. The molecule has 10 heteroatoms. The van der Waals surface area contributed by atoms with Gasteiger partial charge in [-0.2, -0.15) is 0 Å². The predicted octanol–water partition coefficient (Wildman–Crippen LogP) is 1.20. The second-order valence-electron chi connectivity index (χ2n) is 11.6. The number of hydrogen-bond acceptors (Lipinski definition) is 5. The molecule has 2 aromatic rings. The lowest BCUT2D eigenvalue weighted by Crippen LogP contribution is -2.59. The highest BCUT2D eigenvalue weighted by molar-refractivity contribution is 6.00. The molecule has 4 fully saturated rings. The normalized spacial score (nSPS) is 25.6. The summed E-state index contributed by atoms with van der Waals surface area (Å²) in [6.45, 7) is 0.999. The first-order chi connectivity index (χ1) is 18.3. The molecular formula is C28H35N5O5. The quantitative estimate of drug-likeness (QED) is 0.355. The van der Waals surface area contributed by atoms with E-state index in [2.05, 4.69) is 20.9 Å². The highest BCUT2D eigenvalue weighted by Gasteiger charge is 2.51. The number of likely N-dealkylation sites (tertiary alicyclic amines) is 1. The SMILES string of the molecule is O=C(NC1CC1)C(O)[C@H](C[C@@H]1CCNC1=O)NC(=O)C1CC2(CCN1C(=O)c1cc3ccccc3[nH]1)CC2. The van der Waals surface area contributed by atoms with Gasteiger partial charge in [0, 0.05) is 36.0 Å². The van der Waals surface area contributed by atoms with Crippen molar-refractivity contribution in [1.29, 1.82) is 0 Å². The van der Waals surface area contributed by atoms with Crippen LogP contribution in [0.25, 0.3) is 10.9 Å². The van der Waals surface area contributed by atoms with E-state index in [1.54, 1.807) is 4.90 Å². The number of piperidine rings is 1. The van der Waals surface area contributed by atoms with E-state index in [4.69, 9.17) is 0 Å². The van der Waals surface area contributed by atoms with Crippen LogP contribution in [-0.4, -0.2) is 75.9 Å². The molecule has 1 aromatic heterocycles. The fourth-order valence-electron chi connectivity index (χ4n) is 6.01. The third-order valence-corrected chi connectivity index (χ3v) is 8.77. The van der Waals surface area contributed by atoms with E-state index in [-0.39, 0.29) is 35.6 Å². The molecule has 38 heavy (non-hydrogen) atoms. The lowest BCUT2D eigenvalue weighted by molar-refractivity contribution is -0.135. The zero-order valence-electron chi connectivity index (χ0n) is 21.4. The summed E-state index contributed by atoms with van der Waals surface area (Å²) in [7, 11) is 0. The summed E-state index contributed by atoms with van der Waals surface area (Å²) < 4.78 is 0. The van der Waals surface area contributed by atoms with Crippen molar-refractivity contribution >= 4 is 34.5 Å². The molecule has 0 bridgehead atoms. The highest BCUT2D eigenvalue weighted by atomic mass is 16.3. The summed E-state index contributed by atoms with van der Waals surface area (Å²) in [4.78, 5) is 57.2. The molecule has 10 nitrogen and oxygen atoms in total. The number of fused-ring (bicyclic) bond motifs is 1. The summed E-state index contributed by atoms with van der Waals surface area (Å²) >= 11 is 0. The number of carbonyl (C=O) groups excluding carboxylic acids is 4. The van der Waals surface area contributed by atoms with Gasteiger partial charge in [-0.1, -0.05) is 18.2 Å². The Balaban J connectivity index is 1.22. The number of aliphatic hydroxyl groups excluding tert-OH is 1. The summed E-state index contributed by atoms with van der Waals surface area (Å²) in [5.41, 5.74) is 1.35. The number of nitrogens with one attached hydrogen (secondary N) is 4. The molecule has 4 aliphatic rings. The minimum absolute atomic E-state index is 0.0563. The average Bonchev–Trinajstić information content (AvgIpc) is 3.80. The van der Waals surface area contributed by atoms with Gasteiger partial charge in [0.25, 0.3) is 11.8 Å². The first kappa shape index (κ1) is 24.9. The molecule has 0 radical (unpaired) electrons. The Morgan fingerprint density at radius 1 is 1.13 bits per heavy atom. The minimum Gasteiger partial charge on any atom is -0.381 e. The molecule has 2 aliphatic carbocycles. The Bertz CT molecular complexity index is 1230. The Kier molecular flexibility index (Phi) is 6.37. The number of H-pyrrole nitrogens is 1. The van der Waals surface area contributed by atoms with Gasteiger partial charge in [-0.05, 0) is 68.9 Å². The Morgan fingerprint density at radius 2 is 1.92 bits per heavy atom. The summed E-state index contributed by atoms with van der Waals surface area (Å²) in [5, 5.41) is 20.4. The molecule has 2 unspecified atom stereocenters. The first-order valence-electron chi connectivity index (χ1n) is 13.8. The number of nitrogens with zero attached hydrogens (tertiary/aromatic N) is 1. The largest absolute Gasteiger partial charge is 0.381 e. The van der Waals surface area contributed by atoms with Gasteiger partial charge >= 0.3 is 0 Å². The topological polar surface area (TPSA) is 144 Å². The number of rotatable bonds is 8. The number of aliphatic hydroxyl groups is 1. The summed E-state index contributed by atoms with van der Waals surface area (Å²) in [5.74, 6) is -1.69. The van der Waals surface area contributed by atoms with Crippen molar-refractivity contribution < 1.29 is 24.3 Å². The van der Waals surface area contributed by atoms with Crippen LogP contribution in [0.5, 0.6) is 0 Å². The van der Waals surface area contributed by atoms with Crippen LogP contribution in [0, 0.1) is 11.3 Å². The molecule has 4 atom stereocenters. The maximum Gasteiger partial charge on any atom is 0.270 e. The monoisotopic (exact) mass is 521 g/mol. The number of amides is 4. The molecule has 6 rings (SSSR count). The third kappa shape index (κ3) is 5.01. The van der Waals surface area contributed by atoms with Crippen molar-refractivity contribution in [1.82, 2.24) is 25.8 Å². The van der Waals surface area contributed by atoms with Crippen molar-refractivity contribution in [3.63, 3.8) is 0 Å². The molecular weight excluding hydrogens is 486 g/mol. The second-order valence-corrected chi connectivity index (χ2v) is 11.6. The molecule has 1 aromatic carbocycles. The van der Waals surface area contributed by atoms with Gasteiger partial charge in [0.1, 0.15) is 11.7 Å². The fraction of sp³-hybridized carbons (Fsp3) is 0.571. The Labute approximate surface area is 220 Å². The standard InChI is InChI=1S/C28H35N5O5/c34-23(26(37)30-18-5-6-18)20(14-17-7-11-29-24(17)35)32-25(36)22-15-28(8-9-28)10-12-33(22)27(38)21-13-16-3-1-2-4-19(16)31-21/h1-4,13,17-18,20,22-23,31,34H,5-12,14-15H2,(H,29,35)(H,30,37)(H,32,36)/t17-,20-,22?,23?/m0/s1. The van der Waals surface area contributed by atoms with E-state index < -0.39 is 30.0 Å². The van der Waals surface area contributed by atoms with Crippen LogP contribution < -0.4 is 16.0 Å². The summed E-state index contributed by atoms with van der Waals surface area (Å²) in [6, 6.07) is 7.86. The molecule has 1 spiro atoms. The van der Waals surface area contributed by atoms with Crippen molar-refractivity contribution in [3.8, 4) is 0 Å². The zero-order valence-corrected chi connectivity index (χ0v) is 21.4. The van der Waals surface area contributed by atoms with Gasteiger partial charge in [0.2, 0.25) is 11.8 Å². The van der Waals surface area contributed by atoms with Crippen LogP contribution >= 0.6 is 0 Å². The van der Waals surface area contributed by atoms with E-state index in [0.29, 0.717) is 31.6 Å². The van der Waals surface area contributed by atoms with Crippen LogP contribution in [0.15, 0.2) is 30.3 Å². The minimum atomic E-state index is -1.48. The van der Waals surface area contributed by atoms with E-state index >= 15 is 0 Å². The van der Waals surface area contributed by atoms with Crippen LogP contribution in [0.2, 0.25) is 0 Å². The van der Waals surface area contributed by atoms with Crippen LogP contribution in [0.3, 0.4) is 0 Å². The molecule has 2 saturated heterocycles. The maximum absolute atomic E-state index is 13.8. The number of hydrogen-bond donors (Lipinski definition) is 5. The molecule has 202 valence electrons. The van der Waals surface area contributed by atoms with Gasteiger partial charge in [0.05, 0.1) is 6.04 Å². The average molecular weight is 522 g/mol. The third-order valence-electron chi connectivity index (χ3n) is 8.77. The molecule has 4 amide bonds. The summed E-state index contributed by atoms with van der Waals surface area (Å²) in [6.07, 6.45) is 4.46. The number of aromatic nitrogens is 1. The van der Waals surface area contributed by atoms with Crippen molar-refractivity contribution in [3.05, 3.63) is 36.0 Å². The smallest absolute Gasteiger partial charge is 0.270 e. The van der Waals surface area contributed by atoms with Crippen molar-refractivity contribution in [2.75, 3.05) is 13.1 Å². The Hall–Kier alpha value is -3.40. The zero-order chi connectivity index (χ0) is 26.4. The molecule has 2 saturated carbocycles. The lowest BCUT2D eigenvalue weighted by atomic mass is 9.86. The number of benzene rings is 1. The number of aromatic amines is 1. The van der Waals surface area contributed by atoms with Gasteiger partial charge in [0.15, 0.2) is 6.10 Å². The molecule has 5 N–H and O–H groups in total. The Morgan fingerprint density at radius 3 is 2.61 bits per heavy atom. The van der Waals surface area contributed by atoms with Gasteiger partial charge in [-0.25, -0.2) is 0 Å². The van der Waals surface area contributed by atoms with E-state index in [1.165, 1.54) is 0 Å². The lowest BCUT2D eigenvalue weighted by Gasteiger charge is -2.39. The van der Waals surface area contributed by atoms with E-state index in [9.17, 15) is 24.3 Å². The number of carbonyl (C=O) groups is 4. The second kappa shape index (κ2) is 9.72. The number of para-hydroxylation sites is 1. The van der Waals surface area contributed by atoms with Gasteiger partial charge in [-0.15, -0.1) is 0 Å².